The van der Waals surface area contributed by atoms with Crippen molar-refractivity contribution in [3.05, 3.63) is 29.8 Å². The van der Waals surface area contributed by atoms with E-state index < -0.39 is 0 Å². The largest absolute Gasteiger partial charge is 0.494 e. The van der Waals surface area contributed by atoms with Crippen LogP contribution in [-0.2, 0) is 0 Å². The SMILES string of the molecule is CCOc1ccc(C2CCC([C@H]3CC[C@H](CC)CC3)CC2)cc1. The van der Waals surface area contributed by atoms with Crippen LogP contribution in [-0.4, -0.2) is 6.61 Å². The first-order valence-electron chi connectivity index (χ1n) is 10.0. The zero-order valence-electron chi connectivity index (χ0n) is 15.1. The topological polar surface area (TPSA) is 9.23 Å². The van der Waals surface area contributed by atoms with E-state index in [1.54, 1.807) is 0 Å². The Hall–Kier alpha value is -0.980. The molecule has 0 amide bonds. The van der Waals surface area contributed by atoms with Gasteiger partial charge in [-0.25, -0.2) is 0 Å². The van der Waals surface area contributed by atoms with Crippen LogP contribution in [0.4, 0.5) is 0 Å². The van der Waals surface area contributed by atoms with Crippen LogP contribution in [0.5, 0.6) is 5.75 Å². The van der Waals surface area contributed by atoms with E-state index in [9.17, 15) is 0 Å². The second-order valence-corrected chi connectivity index (χ2v) is 7.80. The van der Waals surface area contributed by atoms with Gasteiger partial charge in [0.2, 0.25) is 0 Å². The van der Waals surface area contributed by atoms with Crippen LogP contribution in [0.15, 0.2) is 24.3 Å². The molecule has 0 saturated heterocycles. The summed E-state index contributed by atoms with van der Waals surface area (Å²) in [6.45, 7) is 5.17. The highest BCUT2D eigenvalue weighted by Crippen LogP contribution is 2.44. The van der Waals surface area contributed by atoms with Crippen molar-refractivity contribution in [2.45, 2.75) is 77.6 Å². The molecule has 1 aromatic rings. The highest BCUT2D eigenvalue weighted by Gasteiger charge is 2.30. The third-order valence-corrected chi connectivity index (χ3v) is 6.57. The average molecular weight is 315 g/mol. The maximum Gasteiger partial charge on any atom is 0.119 e. The van der Waals surface area contributed by atoms with Crippen molar-refractivity contribution in [3.63, 3.8) is 0 Å². The van der Waals surface area contributed by atoms with Crippen molar-refractivity contribution >= 4 is 0 Å². The van der Waals surface area contributed by atoms with Crippen molar-refractivity contribution in [3.8, 4) is 5.75 Å². The monoisotopic (exact) mass is 314 g/mol. The Morgan fingerprint density at radius 2 is 1.35 bits per heavy atom. The molecule has 0 radical (unpaired) electrons. The number of ether oxygens (including phenoxy) is 1. The van der Waals surface area contributed by atoms with Gasteiger partial charge in [-0.2, -0.15) is 0 Å². The average Bonchev–Trinajstić information content (AvgIpc) is 2.63. The van der Waals surface area contributed by atoms with E-state index in [1.807, 2.05) is 6.92 Å². The molecular weight excluding hydrogens is 280 g/mol. The molecule has 2 aliphatic carbocycles. The number of hydrogen-bond donors (Lipinski definition) is 0. The third kappa shape index (κ3) is 4.31. The van der Waals surface area contributed by atoms with E-state index in [0.717, 1.165) is 36.0 Å². The molecule has 0 unspecified atom stereocenters. The summed E-state index contributed by atoms with van der Waals surface area (Å²) >= 11 is 0. The van der Waals surface area contributed by atoms with Gasteiger partial charge in [0.05, 0.1) is 6.61 Å². The lowest BCUT2D eigenvalue weighted by Crippen LogP contribution is -2.25. The van der Waals surface area contributed by atoms with Crippen molar-refractivity contribution < 1.29 is 4.74 Å². The van der Waals surface area contributed by atoms with Crippen molar-refractivity contribution in [1.82, 2.24) is 0 Å². The quantitative estimate of drug-likeness (QED) is 0.596. The maximum absolute atomic E-state index is 5.56. The highest BCUT2D eigenvalue weighted by molar-refractivity contribution is 5.29. The molecule has 23 heavy (non-hydrogen) atoms. The lowest BCUT2D eigenvalue weighted by Gasteiger charge is -2.38. The van der Waals surface area contributed by atoms with Gasteiger partial charge in [0.1, 0.15) is 5.75 Å². The van der Waals surface area contributed by atoms with Crippen molar-refractivity contribution in [2.75, 3.05) is 6.61 Å². The standard InChI is InChI=1S/C22H34O/c1-3-17-5-7-18(8-6-17)19-9-11-20(12-10-19)21-13-15-22(16-14-21)23-4-2/h13-20H,3-12H2,1-2H3/t17-,18-,19?,20?. The van der Waals surface area contributed by atoms with Gasteiger partial charge in [0, 0.05) is 0 Å². The molecule has 3 rings (SSSR count). The summed E-state index contributed by atoms with van der Waals surface area (Å²) in [5.41, 5.74) is 1.53. The predicted octanol–water partition coefficient (Wildman–Crippen LogP) is 6.58. The first kappa shape index (κ1) is 16.9. The second kappa shape index (κ2) is 8.22. The molecule has 2 aliphatic rings. The summed E-state index contributed by atoms with van der Waals surface area (Å²) in [7, 11) is 0. The second-order valence-electron chi connectivity index (χ2n) is 7.80. The van der Waals surface area contributed by atoms with Gasteiger partial charge in [0.25, 0.3) is 0 Å². The van der Waals surface area contributed by atoms with Gasteiger partial charge in [-0.05, 0) is 86.8 Å². The molecule has 1 heteroatoms. The Balaban J connectivity index is 1.48. The van der Waals surface area contributed by atoms with E-state index in [4.69, 9.17) is 4.74 Å². The van der Waals surface area contributed by atoms with Crippen LogP contribution in [0, 0.1) is 17.8 Å². The molecule has 2 fully saturated rings. The van der Waals surface area contributed by atoms with Crippen LogP contribution in [0.25, 0.3) is 0 Å². The molecule has 0 spiro atoms. The smallest absolute Gasteiger partial charge is 0.119 e. The van der Waals surface area contributed by atoms with Gasteiger partial charge in [-0.3, -0.25) is 0 Å². The minimum absolute atomic E-state index is 0.755. The van der Waals surface area contributed by atoms with Gasteiger partial charge >= 0.3 is 0 Å². The fraction of sp³-hybridized carbons (Fsp3) is 0.727. The molecule has 0 aromatic heterocycles. The van der Waals surface area contributed by atoms with E-state index in [1.165, 1.54) is 63.4 Å². The fourth-order valence-electron chi connectivity index (χ4n) is 4.99. The molecule has 0 N–H and O–H groups in total. The summed E-state index contributed by atoms with van der Waals surface area (Å²) in [4.78, 5) is 0. The van der Waals surface area contributed by atoms with Gasteiger partial charge in [-0.15, -0.1) is 0 Å². The Morgan fingerprint density at radius 3 is 1.87 bits per heavy atom. The maximum atomic E-state index is 5.56. The summed E-state index contributed by atoms with van der Waals surface area (Å²) in [5, 5.41) is 0. The first-order chi connectivity index (χ1) is 11.3. The number of hydrogen-bond acceptors (Lipinski definition) is 1. The molecule has 0 atom stereocenters. The zero-order valence-corrected chi connectivity index (χ0v) is 15.1. The summed E-state index contributed by atoms with van der Waals surface area (Å²) in [6.07, 6.45) is 13.1. The first-order valence-corrected chi connectivity index (χ1v) is 10.0. The molecule has 1 aromatic carbocycles. The van der Waals surface area contributed by atoms with Gasteiger partial charge in [-0.1, -0.05) is 38.3 Å². The lowest BCUT2D eigenvalue weighted by molar-refractivity contribution is 0.158. The van der Waals surface area contributed by atoms with Crippen LogP contribution in [0.2, 0.25) is 0 Å². The van der Waals surface area contributed by atoms with Crippen LogP contribution in [0.1, 0.15) is 83.1 Å². The molecule has 0 heterocycles. The van der Waals surface area contributed by atoms with E-state index in [2.05, 4.69) is 31.2 Å². The Labute approximate surface area is 142 Å². The van der Waals surface area contributed by atoms with E-state index in [0.29, 0.717) is 0 Å². The minimum atomic E-state index is 0.755. The molecule has 0 aliphatic heterocycles. The summed E-state index contributed by atoms with van der Waals surface area (Å²) in [6, 6.07) is 8.89. The van der Waals surface area contributed by atoms with Crippen molar-refractivity contribution in [2.24, 2.45) is 17.8 Å². The third-order valence-electron chi connectivity index (χ3n) is 6.57. The molecule has 0 bridgehead atoms. The molecular formula is C22H34O. The fourth-order valence-corrected chi connectivity index (χ4v) is 4.99. The normalized spacial score (nSPS) is 31.7. The zero-order chi connectivity index (χ0) is 16.1. The molecule has 128 valence electrons. The molecule has 2 saturated carbocycles. The predicted molar refractivity (Wildman–Crippen MR) is 98.0 cm³/mol. The summed E-state index contributed by atoms with van der Waals surface area (Å²) in [5.74, 6) is 4.89. The lowest BCUT2D eigenvalue weighted by atomic mass is 9.68. The Bertz CT molecular complexity index is 447. The molecule has 1 nitrogen and oxygen atoms in total. The summed E-state index contributed by atoms with van der Waals surface area (Å²) < 4.78 is 5.56. The minimum Gasteiger partial charge on any atom is -0.494 e. The number of benzene rings is 1. The highest BCUT2D eigenvalue weighted by atomic mass is 16.5. The van der Waals surface area contributed by atoms with E-state index in [-0.39, 0.29) is 0 Å². The van der Waals surface area contributed by atoms with Crippen molar-refractivity contribution in [1.29, 1.82) is 0 Å². The van der Waals surface area contributed by atoms with Crippen LogP contribution >= 0.6 is 0 Å². The number of rotatable bonds is 5. The van der Waals surface area contributed by atoms with Crippen LogP contribution < -0.4 is 4.74 Å². The van der Waals surface area contributed by atoms with Crippen LogP contribution in [0.3, 0.4) is 0 Å². The Morgan fingerprint density at radius 1 is 0.783 bits per heavy atom. The van der Waals surface area contributed by atoms with E-state index >= 15 is 0 Å². The Kier molecular flexibility index (Phi) is 6.02. The van der Waals surface area contributed by atoms with Gasteiger partial charge < -0.3 is 4.74 Å². The van der Waals surface area contributed by atoms with Gasteiger partial charge in [0.15, 0.2) is 0 Å².